The molecule has 0 heterocycles. The number of hydrogen-bond donors (Lipinski definition) is 0. The smallest absolute Gasteiger partial charge is 0.201 e. The molecule has 6 heteroatoms. The van der Waals surface area contributed by atoms with Crippen molar-refractivity contribution in [1.82, 2.24) is 0 Å². The molecular weight excluding hydrogens is 468 g/mol. The molecule has 4 rings (SSSR count). The van der Waals surface area contributed by atoms with E-state index in [1.165, 1.54) is 18.2 Å². The fourth-order valence-electron chi connectivity index (χ4n) is 4.83. The zero-order valence-electron chi connectivity index (χ0n) is 20.5. The van der Waals surface area contributed by atoms with Crippen molar-refractivity contribution in [2.45, 2.75) is 52.1 Å². The van der Waals surface area contributed by atoms with Crippen LogP contribution in [-0.2, 0) is 6.61 Å². The maximum atomic E-state index is 14.9. The standard InChI is InChI=1S/C30H30F4O2/c1-3-5-19-6-10-21(11-7-19)24-15-17-26(30(34)28(24)32)36-18-20-8-12-22(13-9-20)23-14-16-25(35-4-2)29(33)27(23)31/h3,5,8-9,12-17,19,21H,4,6-7,10-11,18H2,1-2H3. The van der Waals surface area contributed by atoms with E-state index in [4.69, 9.17) is 9.47 Å². The summed E-state index contributed by atoms with van der Waals surface area (Å²) in [7, 11) is 0. The molecule has 1 fully saturated rings. The monoisotopic (exact) mass is 498 g/mol. The van der Waals surface area contributed by atoms with E-state index in [0.29, 0.717) is 22.6 Å². The van der Waals surface area contributed by atoms with Crippen LogP contribution in [0.5, 0.6) is 11.5 Å². The molecule has 0 atom stereocenters. The third-order valence-electron chi connectivity index (χ3n) is 6.76. The lowest BCUT2D eigenvalue weighted by molar-refractivity contribution is 0.282. The lowest BCUT2D eigenvalue weighted by Gasteiger charge is -2.27. The minimum absolute atomic E-state index is 0.00453. The van der Waals surface area contributed by atoms with E-state index in [2.05, 4.69) is 6.08 Å². The third kappa shape index (κ3) is 5.58. The molecule has 0 spiro atoms. The van der Waals surface area contributed by atoms with Gasteiger partial charge in [0, 0.05) is 5.56 Å². The molecule has 3 aromatic carbocycles. The van der Waals surface area contributed by atoms with E-state index in [1.54, 1.807) is 37.3 Å². The molecule has 1 aliphatic carbocycles. The van der Waals surface area contributed by atoms with Crippen molar-refractivity contribution in [2.24, 2.45) is 5.92 Å². The zero-order valence-corrected chi connectivity index (χ0v) is 20.5. The SMILES string of the molecule is CC=CC1CCC(c2ccc(OCc3ccc(-c4ccc(OCC)c(F)c4F)cc3)c(F)c2F)CC1. The highest BCUT2D eigenvalue weighted by molar-refractivity contribution is 5.65. The molecule has 0 unspecified atom stereocenters. The van der Waals surface area contributed by atoms with E-state index in [1.807, 2.05) is 13.0 Å². The van der Waals surface area contributed by atoms with E-state index in [0.717, 1.165) is 25.7 Å². The van der Waals surface area contributed by atoms with Crippen molar-refractivity contribution in [3.05, 3.63) is 95.1 Å². The summed E-state index contributed by atoms with van der Waals surface area (Å²) < 4.78 is 69.0. The molecule has 3 aromatic rings. The molecule has 1 aliphatic rings. The van der Waals surface area contributed by atoms with Gasteiger partial charge in [-0.2, -0.15) is 8.78 Å². The zero-order chi connectivity index (χ0) is 25.7. The van der Waals surface area contributed by atoms with Gasteiger partial charge in [0.15, 0.2) is 23.1 Å². The Labute approximate surface area is 209 Å². The van der Waals surface area contributed by atoms with Gasteiger partial charge in [0.2, 0.25) is 11.6 Å². The van der Waals surface area contributed by atoms with Crippen molar-refractivity contribution >= 4 is 0 Å². The normalized spacial score (nSPS) is 17.9. The van der Waals surface area contributed by atoms with Gasteiger partial charge in [-0.25, -0.2) is 8.78 Å². The predicted molar refractivity (Wildman–Crippen MR) is 133 cm³/mol. The Kier molecular flexibility index (Phi) is 8.34. The molecule has 36 heavy (non-hydrogen) atoms. The highest BCUT2D eigenvalue weighted by atomic mass is 19.2. The average Bonchev–Trinajstić information content (AvgIpc) is 2.89. The summed E-state index contributed by atoms with van der Waals surface area (Å²) in [5.41, 5.74) is 1.67. The van der Waals surface area contributed by atoms with E-state index in [-0.39, 0.29) is 36.2 Å². The molecule has 0 aromatic heterocycles. The van der Waals surface area contributed by atoms with Gasteiger partial charge in [0.25, 0.3) is 0 Å². The van der Waals surface area contributed by atoms with Crippen molar-refractivity contribution in [3.63, 3.8) is 0 Å². The first-order valence-corrected chi connectivity index (χ1v) is 12.4. The fraction of sp³-hybridized carbons (Fsp3) is 0.333. The molecule has 0 aliphatic heterocycles. The number of ether oxygens (including phenoxy) is 2. The van der Waals surface area contributed by atoms with Crippen LogP contribution >= 0.6 is 0 Å². The Morgan fingerprint density at radius 3 is 2.06 bits per heavy atom. The molecule has 1 saturated carbocycles. The van der Waals surface area contributed by atoms with Crippen LogP contribution in [0.3, 0.4) is 0 Å². The van der Waals surface area contributed by atoms with E-state index in [9.17, 15) is 17.6 Å². The lowest BCUT2D eigenvalue weighted by atomic mass is 9.78. The van der Waals surface area contributed by atoms with Crippen LogP contribution < -0.4 is 9.47 Å². The summed E-state index contributed by atoms with van der Waals surface area (Å²) >= 11 is 0. The Hall–Kier alpha value is -3.28. The van der Waals surface area contributed by atoms with Crippen LogP contribution in [0, 0.1) is 29.2 Å². The average molecular weight is 499 g/mol. The number of allylic oxidation sites excluding steroid dienone is 2. The van der Waals surface area contributed by atoms with Crippen LogP contribution in [0.25, 0.3) is 11.1 Å². The third-order valence-corrected chi connectivity index (χ3v) is 6.76. The Bertz CT molecular complexity index is 1210. The Morgan fingerprint density at radius 2 is 1.39 bits per heavy atom. The lowest BCUT2D eigenvalue weighted by Crippen LogP contribution is -2.13. The molecular formula is C30H30F4O2. The number of benzene rings is 3. The summed E-state index contributed by atoms with van der Waals surface area (Å²) in [6.07, 6.45) is 7.83. The molecule has 2 nitrogen and oxygen atoms in total. The van der Waals surface area contributed by atoms with Crippen molar-refractivity contribution in [1.29, 1.82) is 0 Å². The molecule has 0 saturated heterocycles. The topological polar surface area (TPSA) is 18.5 Å². The summed E-state index contributed by atoms with van der Waals surface area (Å²) in [5, 5.41) is 0. The van der Waals surface area contributed by atoms with Gasteiger partial charge in [-0.05, 0) is 86.3 Å². The van der Waals surface area contributed by atoms with Crippen molar-refractivity contribution in [2.75, 3.05) is 6.61 Å². The van der Waals surface area contributed by atoms with Gasteiger partial charge < -0.3 is 9.47 Å². The van der Waals surface area contributed by atoms with Gasteiger partial charge in [0.1, 0.15) is 6.61 Å². The van der Waals surface area contributed by atoms with Gasteiger partial charge in [-0.15, -0.1) is 0 Å². The molecule has 0 N–H and O–H groups in total. The summed E-state index contributed by atoms with van der Waals surface area (Å²) in [6, 6.07) is 12.6. The molecule has 0 amide bonds. The highest BCUT2D eigenvalue weighted by Gasteiger charge is 2.26. The van der Waals surface area contributed by atoms with Crippen LogP contribution in [-0.4, -0.2) is 6.61 Å². The maximum Gasteiger partial charge on any atom is 0.201 e. The van der Waals surface area contributed by atoms with Crippen LogP contribution in [0.2, 0.25) is 0 Å². The number of halogens is 4. The minimum atomic E-state index is -1.03. The van der Waals surface area contributed by atoms with Crippen LogP contribution in [0.1, 0.15) is 56.6 Å². The maximum absolute atomic E-state index is 14.9. The van der Waals surface area contributed by atoms with Gasteiger partial charge >= 0.3 is 0 Å². The number of hydrogen-bond acceptors (Lipinski definition) is 2. The second-order valence-corrected chi connectivity index (χ2v) is 9.08. The van der Waals surface area contributed by atoms with Crippen molar-refractivity contribution < 1.29 is 27.0 Å². The first-order valence-electron chi connectivity index (χ1n) is 12.4. The van der Waals surface area contributed by atoms with Gasteiger partial charge in [-0.3, -0.25) is 0 Å². The van der Waals surface area contributed by atoms with E-state index < -0.39 is 23.3 Å². The van der Waals surface area contributed by atoms with Crippen LogP contribution in [0.15, 0.2) is 60.7 Å². The largest absolute Gasteiger partial charge is 0.491 e. The van der Waals surface area contributed by atoms with Crippen molar-refractivity contribution in [3.8, 4) is 22.6 Å². The number of rotatable bonds is 8. The molecule has 190 valence electrons. The first-order chi connectivity index (χ1) is 17.4. The second-order valence-electron chi connectivity index (χ2n) is 9.08. The Morgan fingerprint density at radius 1 is 0.750 bits per heavy atom. The predicted octanol–water partition coefficient (Wildman–Crippen LogP) is 8.74. The minimum Gasteiger partial charge on any atom is -0.491 e. The quantitative estimate of drug-likeness (QED) is 0.228. The summed E-state index contributed by atoms with van der Waals surface area (Å²) in [4.78, 5) is 0. The molecule has 0 bridgehead atoms. The Balaban J connectivity index is 1.41. The summed E-state index contributed by atoms with van der Waals surface area (Å²) in [5.74, 6) is -3.61. The first kappa shape index (κ1) is 25.8. The highest BCUT2D eigenvalue weighted by Crippen LogP contribution is 2.39. The van der Waals surface area contributed by atoms with Gasteiger partial charge in [-0.1, -0.05) is 42.5 Å². The van der Waals surface area contributed by atoms with Gasteiger partial charge in [0.05, 0.1) is 6.61 Å². The van der Waals surface area contributed by atoms with E-state index >= 15 is 0 Å². The summed E-state index contributed by atoms with van der Waals surface area (Å²) in [6.45, 7) is 3.93. The fourth-order valence-corrected chi connectivity index (χ4v) is 4.83. The van der Waals surface area contributed by atoms with Crippen LogP contribution in [0.4, 0.5) is 17.6 Å². The molecule has 0 radical (unpaired) electrons. The second kappa shape index (κ2) is 11.6.